The van der Waals surface area contributed by atoms with E-state index in [4.69, 9.17) is 34.3 Å². The summed E-state index contributed by atoms with van der Waals surface area (Å²) in [5.74, 6) is 0. The standard InChI is InChI=1S/C4H8Cl2N2/c5-3(1-2-7)4(6)8/h3,8H,1-2,7H2. The van der Waals surface area contributed by atoms with Crippen LogP contribution in [0.2, 0.25) is 0 Å². The Morgan fingerprint density at radius 1 is 1.75 bits per heavy atom. The summed E-state index contributed by atoms with van der Waals surface area (Å²) < 4.78 is 0. The van der Waals surface area contributed by atoms with Crippen molar-refractivity contribution in [3.05, 3.63) is 0 Å². The lowest BCUT2D eigenvalue weighted by molar-refractivity contribution is 0.886. The van der Waals surface area contributed by atoms with Crippen LogP contribution >= 0.6 is 23.2 Å². The van der Waals surface area contributed by atoms with E-state index in [2.05, 4.69) is 0 Å². The van der Waals surface area contributed by atoms with Gasteiger partial charge in [-0.25, -0.2) is 0 Å². The lowest BCUT2D eigenvalue weighted by atomic mass is 10.3. The molecule has 0 radical (unpaired) electrons. The third kappa shape index (κ3) is 3.24. The molecule has 48 valence electrons. The van der Waals surface area contributed by atoms with Crippen LogP contribution in [0.1, 0.15) is 6.42 Å². The summed E-state index contributed by atoms with van der Waals surface area (Å²) in [6.07, 6.45) is 0.573. The number of nitrogens with one attached hydrogen (secondary N) is 1. The Balaban J connectivity index is 3.32. The molecular weight excluding hydrogens is 147 g/mol. The largest absolute Gasteiger partial charge is 0.330 e. The molecule has 4 heteroatoms. The molecule has 0 amide bonds. The number of hydrogen-bond acceptors (Lipinski definition) is 2. The zero-order valence-corrected chi connectivity index (χ0v) is 5.84. The van der Waals surface area contributed by atoms with E-state index in [0.29, 0.717) is 13.0 Å². The summed E-state index contributed by atoms with van der Waals surface area (Å²) in [5.41, 5.74) is 5.13. The van der Waals surface area contributed by atoms with Crippen LogP contribution in [0.15, 0.2) is 0 Å². The molecule has 0 saturated heterocycles. The second-order valence-electron chi connectivity index (χ2n) is 1.39. The van der Waals surface area contributed by atoms with Gasteiger partial charge in [-0.2, -0.15) is 0 Å². The highest BCUT2D eigenvalue weighted by molar-refractivity contribution is 6.70. The molecule has 0 aromatic heterocycles. The van der Waals surface area contributed by atoms with Gasteiger partial charge < -0.3 is 5.73 Å². The first-order valence-electron chi connectivity index (χ1n) is 2.26. The van der Waals surface area contributed by atoms with Gasteiger partial charge in [0.25, 0.3) is 0 Å². The van der Waals surface area contributed by atoms with E-state index in [1.807, 2.05) is 0 Å². The Labute approximate surface area is 58.5 Å². The maximum absolute atomic E-state index is 6.78. The zero-order valence-electron chi connectivity index (χ0n) is 4.32. The summed E-state index contributed by atoms with van der Waals surface area (Å²) >= 11 is 10.7. The smallest absolute Gasteiger partial charge is 0.115 e. The van der Waals surface area contributed by atoms with Crippen LogP contribution in [0.25, 0.3) is 0 Å². The first kappa shape index (κ1) is 8.21. The first-order chi connectivity index (χ1) is 3.68. The van der Waals surface area contributed by atoms with Crippen LogP contribution in [0.4, 0.5) is 0 Å². The molecule has 0 rings (SSSR count). The van der Waals surface area contributed by atoms with Crippen molar-refractivity contribution in [2.75, 3.05) is 6.54 Å². The Hall–Kier alpha value is 0.210. The van der Waals surface area contributed by atoms with Crippen LogP contribution in [-0.2, 0) is 0 Å². The van der Waals surface area contributed by atoms with E-state index in [-0.39, 0.29) is 10.5 Å². The molecule has 1 unspecified atom stereocenters. The van der Waals surface area contributed by atoms with E-state index >= 15 is 0 Å². The molecule has 0 spiro atoms. The zero-order chi connectivity index (χ0) is 6.57. The molecule has 0 aromatic rings. The number of hydrogen-bond donors (Lipinski definition) is 2. The minimum absolute atomic E-state index is 0.0304. The van der Waals surface area contributed by atoms with Gasteiger partial charge in [0.2, 0.25) is 0 Å². The van der Waals surface area contributed by atoms with E-state index in [9.17, 15) is 0 Å². The fraction of sp³-hybridized carbons (Fsp3) is 0.750. The first-order valence-corrected chi connectivity index (χ1v) is 3.08. The van der Waals surface area contributed by atoms with Crippen molar-refractivity contribution in [1.29, 1.82) is 5.41 Å². The van der Waals surface area contributed by atoms with Gasteiger partial charge in [0.05, 0.1) is 5.38 Å². The van der Waals surface area contributed by atoms with Gasteiger partial charge >= 0.3 is 0 Å². The van der Waals surface area contributed by atoms with Crippen molar-refractivity contribution >= 4 is 28.4 Å². The Bertz CT molecular complexity index is 84.1. The third-order valence-electron chi connectivity index (χ3n) is 0.695. The SMILES string of the molecule is N=C(Cl)C(Cl)CCN. The monoisotopic (exact) mass is 154 g/mol. The van der Waals surface area contributed by atoms with Gasteiger partial charge in [-0.15, -0.1) is 11.6 Å². The second kappa shape index (κ2) is 4.13. The fourth-order valence-corrected chi connectivity index (χ4v) is 0.508. The van der Waals surface area contributed by atoms with Crippen molar-refractivity contribution in [1.82, 2.24) is 0 Å². The third-order valence-corrected chi connectivity index (χ3v) is 1.51. The van der Waals surface area contributed by atoms with E-state index < -0.39 is 0 Å². The average molecular weight is 155 g/mol. The highest BCUT2D eigenvalue weighted by atomic mass is 35.5. The Morgan fingerprint density at radius 2 is 2.25 bits per heavy atom. The molecule has 8 heavy (non-hydrogen) atoms. The molecule has 0 bridgehead atoms. The number of rotatable bonds is 3. The quantitative estimate of drug-likeness (QED) is 0.466. The summed E-state index contributed by atoms with van der Waals surface area (Å²) in [7, 11) is 0. The average Bonchev–Trinajstić information content (AvgIpc) is 1.67. The van der Waals surface area contributed by atoms with E-state index in [0.717, 1.165) is 0 Å². The van der Waals surface area contributed by atoms with Gasteiger partial charge in [-0.1, -0.05) is 11.6 Å². The summed E-state index contributed by atoms with van der Waals surface area (Å²) in [6, 6.07) is 0. The molecule has 1 atom stereocenters. The van der Waals surface area contributed by atoms with Gasteiger partial charge in [0.1, 0.15) is 5.17 Å². The number of halogens is 2. The van der Waals surface area contributed by atoms with Gasteiger partial charge in [-0.3, -0.25) is 5.41 Å². The molecule has 0 saturated carbocycles. The fourth-order valence-electron chi connectivity index (χ4n) is 0.273. The molecule has 0 fully saturated rings. The normalized spacial score (nSPS) is 13.4. The molecule has 0 heterocycles. The highest BCUT2D eigenvalue weighted by Gasteiger charge is 2.05. The topological polar surface area (TPSA) is 49.9 Å². The number of nitrogens with two attached hydrogens (primary N) is 1. The van der Waals surface area contributed by atoms with Crippen molar-refractivity contribution in [3.8, 4) is 0 Å². The van der Waals surface area contributed by atoms with Crippen LogP contribution in [0.3, 0.4) is 0 Å². The molecule has 2 nitrogen and oxygen atoms in total. The molecule has 0 aliphatic heterocycles. The molecular formula is C4H8Cl2N2. The van der Waals surface area contributed by atoms with Gasteiger partial charge in [0.15, 0.2) is 0 Å². The van der Waals surface area contributed by atoms with Crippen molar-refractivity contribution < 1.29 is 0 Å². The van der Waals surface area contributed by atoms with Crippen molar-refractivity contribution in [2.45, 2.75) is 11.8 Å². The summed E-state index contributed by atoms with van der Waals surface area (Å²) in [4.78, 5) is 0. The van der Waals surface area contributed by atoms with Crippen LogP contribution < -0.4 is 5.73 Å². The molecule has 0 aromatic carbocycles. The lowest BCUT2D eigenvalue weighted by Crippen LogP contribution is -2.12. The molecule has 0 aliphatic carbocycles. The number of alkyl halides is 1. The van der Waals surface area contributed by atoms with Gasteiger partial charge in [-0.05, 0) is 13.0 Å². The minimum Gasteiger partial charge on any atom is -0.330 e. The molecule has 0 aliphatic rings. The predicted octanol–water partition coefficient (Wildman–Crippen LogP) is 1.16. The Kier molecular flexibility index (Phi) is 4.23. The Morgan fingerprint density at radius 3 is 2.38 bits per heavy atom. The lowest BCUT2D eigenvalue weighted by Gasteiger charge is -2.00. The maximum atomic E-state index is 6.78. The van der Waals surface area contributed by atoms with Crippen molar-refractivity contribution in [3.63, 3.8) is 0 Å². The van der Waals surface area contributed by atoms with Crippen LogP contribution in [0, 0.1) is 5.41 Å². The van der Waals surface area contributed by atoms with E-state index in [1.165, 1.54) is 0 Å². The minimum atomic E-state index is -0.387. The van der Waals surface area contributed by atoms with Crippen molar-refractivity contribution in [2.24, 2.45) is 5.73 Å². The van der Waals surface area contributed by atoms with E-state index in [1.54, 1.807) is 0 Å². The van der Waals surface area contributed by atoms with Gasteiger partial charge in [0, 0.05) is 0 Å². The summed E-state index contributed by atoms with van der Waals surface area (Å²) in [6.45, 7) is 0.475. The van der Waals surface area contributed by atoms with Crippen LogP contribution in [-0.4, -0.2) is 17.1 Å². The predicted molar refractivity (Wildman–Crippen MR) is 36.9 cm³/mol. The van der Waals surface area contributed by atoms with Crippen LogP contribution in [0.5, 0.6) is 0 Å². The molecule has 3 N–H and O–H groups in total. The second-order valence-corrected chi connectivity index (χ2v) is 2.33. The highest BCUT2D eigenvalue weighted by Crippen LogP contribution is 2.04. The maximum Gasteiger partial charge on any atom is 0.115 e. The summed E-state index contributed by atoms with van der Waals surface area (Å²) in [5, 5.41) is 6.36.